The van der Waals surface area contributed by atoms with E-state index in [1.54, 1.807) is 25.1 Å². The molecule has 1 saturated heterocycles. The summed E-state index contributed by atoms with van der Waals surface area (Å²) in [7, 11) is -1.93. The van der Waals surface area contributed by atoms with E-state index in [1.165, 1.54) is 7.11 Å². The molecule has 1 atom stereocenters. The lowest BCUT2D eigenvalue weighted by Crippen LogP contribution is -2.32. The number of anilines is 2. The standard InChI is InChI=1S/C18H29N3O4S/c1-4-26(23,24)21-16-6-5-15(12-17(16)25-3)20-18(22)11-13(2)14-7-9-19-10-8-14/h5-6,12-14,19,21H,4,7-11H2,1-3H3,(H,20,22). The number of nitrogens with one attached hydrogen (secondary N) is 3. The van der Waals surface area contributed by atoms with Gasteiger partial charge in [0.1, 0.15) is 5.75 Å². The molecule has 8 heteroatoms. The Morgan fingerprint density at radius 2 is 2.04 bits per heavy atom. The maximum atomic E-state index is 12.3. The van der Waals surface area contributed by atoms with E-state index >= 15 is 0 Å². The van der Waals surface area contributed by atoms with Gasteiger partial charge in [0.2, 0.25) is 15.9 Å². The quantitative estimate of drug-likeness (QED) is 0.641. The fourth-order valence-corrected chi connectivity index (χ4v) is 3.83. The van der Waals surface area contributed by atoms with Gasteiger partial charge in [-0.25, -0.2) is 8.42 Å². The normalized spacial score (nSPS) is 16.7. The molecule has 26 heavy (non-hydrogen) atoms. The second-order valence-corrected chi connectivity index (χ2v) is 8.75. The molecule has 0 aliphatic carbocycles. The zero-order valence-electron chi connectivity index (χ0n) is 15.7. The Bertz CT molecular complexity index is 715. The van der Waals surface area contributed by atoms with E-state index in [2.05, 4.69) is 22.3 Å². The molecule has 1 unspecified atom stereocenters. The summed E-state index contributed by atoms with van der Waals surface area (Å²) in [6.07, 6.45) is 2.68. The van der Waals surface area contributed by atoms with Crippen LogP contribution in [-0.2, 0) is 14.8 Å². The van der Waals surface area contributed by atoms with Crippen molar-refractivity contribution in [1.29, 1.82) is 0 Å². The van der Waals surface area contributed by atoms with Crippen molar-refractivity contribution in [3.8, 4) is 5.75 Å². The van der Waals surface area contributed by atoms with E-state index < -0.39 is 10.0 Å². The Morgan fingerprint density at radius 1 is 1.35 bits per heavy atom. The number of piperidine rings is 1. The Balaban J connectivity index is 1.99. The number of methoxy groups -OCH3 is 1. The SMILES string of the molecule is CCS(=O)(=O)Nc1ccc(NC(=O)CC(C)C2CCNCC2)cc1OC. The zero-order chi connectivity index (χ0) is 19.2. The molecule has 1 aromatic carbocycles. The first-order chi connectivity index (χ1) is 12.3. The predicted molar refractivity (Wildman–Crippen MR) is 104 cm³/mol. The summed E-state index contributed by atoms with van der Waals surface area (Å²) in [6.45, 7) is 5.72. The van der Waals surface area contributed by atoms with Crippen LogP contribution >= 0.6 is 0 Å². The van der Waals surface area contributed by atoms with E-state index in [0.29, 0.717) is 35.4 Å². The van der Waals surface area contributed by atoms with Gasteiger partial charge in [-0.1, -0.05) is 6.92 Å². The van der Waals surface area contributed by atoms with E-state index in [0.717, 1.165) is 25.9 Å². The highest BCUT2D eigenvalue weighted by Gasteiger charge is 2.22. The fraction of sp³-hybridized carbons (Fsp3) is 0.611. The first-order valence-corrected chi connectivity index (χ1v) is 10.7. The number of carbonyl (C=O) groups is 1. The summed E-state index contributed by atoms with van der Waals surface area (Å²) in [6, 6.07) is 4.89. The molecule has 0 radical (unpaired) electrons. The summed E-state index contributed by atoms with van der Waals surface area (Å²) < 4.78 is 31.2. The molecule has 2 rings (SSSR count). The van der Waals surface area contributed by atoms with Crippen LogP contribution in [0.2, 0.25) is 0 Å². The fourth-order valence-electron chi connectivity index (χ4n) is 3.18. The number of hydrogen-bond donors (Lipinski definition) is 3. The minimum absolute atomic E-state index is 0.0246. The number of sulfonamides is 1. The van der Waals surface area contributed by atoms with Crippen molar-refractivity contribution in [2.45, 2.75) is 33.1 Å². The highest BCUT2D eigenvalue weighted by atomic mass is 32.2. The topological polar surface area (TPSA) is 96.5 Å². The first-order valence-electron chi connectivity index (χ1n) is 9.03. The highest BCUT2D eigenvalue weighted by molar-refractivity contribution is 7.92. The zero-order valence-corrected chi connectivity index (χ0v) is 16.5. The number of amides is 1. The number of rotatable bonds is 8. The molecule has 7 nitrogen and oxygen atoms in total. The second-order valence-electron chi connectivity index (χ2n) is 6.74. The van der Waals surface area contributed by atoms with Crippen LogP contribution in [0.3, 0.4) is 0 Å². The number of hydrogen-bond acceptors (Lipinski definition) is 5. The number of benzene rings is 1. The van der Waals surface area contributed by atoms with Crippen molar-refractivity contribution in [2.24, 2.45) is 11.8 Å². The average Bonchev–Trinajstić information content (AvgIpc) is 2.63. The molecule has 1 aliphatic rings. The van der Waals surface area contributed by atoms with Gasteiger partial charge in [0.05, 0.1) is 18.6 Å². The molecule has 0 bridgehead atoms. The maximum absolute atomic E-state index is 12.3. The van der Waals surface area contributed by atoms with Gasteiger partial charge >= 0.3 is 0 Å². The Hall–Kier alpha value is -1.80. The molecule has 1 aliphatic heterocycles. The maximum Gasteiger partial charge on any atom is 0.232 e. The molecule has 1 fully saturated rings. The van der Waals surface area contributed by atoms with E-state index in [-0.39, 0.29) is 11.7 Å². The Kier molecular flexibility index (Phi) is 7.28. The number of ether oxygens (including phenoxy) is 1. The molecule has 0 saturated carbocycles. The Labute approximate surface area is 155 Å². The van der Waals surface area contributed by atoms with Gasteiger partial charge in [0, 0.05) is 18.2 Å². The molecular weight excluding hydrogens is 354 g/mol. The molecule has 146 valence electrons. The van der Waals surface area contributed by atoms with Crippen molar-refractivity contribution in [1.82, 2.24) is 5.32 Å². The van der Waals surface area contributed by atoms with Crippen LogP contribution in [0.1, 0.15) is 33.1 Å². The lowest BCUT2D eigenvalue weighted by Gasteiger charge is -2.27. The van der Waals surface area contributed by atoms with E-state index in [1.807, 2.05) is 0 Å². The van der Waals surface area contributed by atoms with Crippen molar-refractivity contribution in [2.75, 3.05) is 36.0 Å². The predicted octanol–water partition coefficient (Wildman–Crippen LogP) is 2.42. The van der Waals surface area contributed by atoms with Crippen LogP contribution < -0.4 is 20.1 Å². The van der Waals surface area contributed by atoms with Crippen molar-refractivity contribution in [3.63, 3.8) is 0 Å². The third-order valence-electron chi connectivity index (χ3n) is 4.83. The minimum atomic E-state index is -3.39. The third kappa shape index (κ3) is 5.88. The van der Waals surface area contributed by atoms with Crippen LogP contribution in [0.15, 0.2) is 18.2 Å². The molecule has 0 aromatic heterocycles. The van der Waals surface area contributed by atoms with Gasteiger partial charge in [-0.2, -0.15) is 0 Å². The summed E-state index contributed by atoms with van der Waals surface area (Å²) in [5, 5.41) is 6.22. The summed E-state index contributed by atoms with van der Waals surface area (Å²) in [5.41, 5.74) is 0.944. The van der Waals surface area contributed by atoms with E-state index in [9.17, 15) is 13.2 Å². The van der Waals surface area contributed by atoms with E-state index in [4.69, 9.17) is 4.74 Å². The monoisotopic (exact) mass is 383 g/mol. The van der Waals surface area contributed by atoms with Gasteiger partial charge < -0.3 is 15.4 Å². The molecule has 1 aromatic rings. The highest BCUT2D eigenvalue weighted by Crippen LogP contribution is 2.29. The largest absolute Gasteiger partial charge is 0.494 e. The van der Waals surface area contributed by atoms with Gasteiger partial charge in [-0.05, 0) is 56.8 Å². The van der Waals surface area contributed by atoms with Gasteiger partial charge in [0.25, 0.3) is 0 Å². The molecule has 1 amide bonds. The lowest BCUT2D eigenvalue weighted by atomic mass is 9.84. The minimum Gasteiger partial charge on any atom is -0.494 e. The van der Waals surface area contributed by atoms with Gasteiger partial charge in [0.15, 0.2) is 0 Å². The third-order valence-corrected chi connectivity index (χ3v) is 6.12. The molecule has 1 heterocycles. The van der Waals surface area contributed by atoms with Crippen LogP contribution in [0, 0.1) is 11.8 Å². The first kappa shape index (κ1) is 20.5. The number of carbonyl (C=O) groups excluding carboxylic acids is 1. The van der Waals surface area contributed by atoms with Gasteiger partial charge in [-0.15, -0.1) is 0 Å². The van der Waals surface area contributed by atoms with Crippen LogP contribution in [0.4, 0.5) is 11.4 Å². The van der Waals surface area contributed by atoms with Crippen molar-refractivity contribution >= 4 is 27.3 Å². The Morgan fingerprint density at radius 3 is 2.65 bits per heavy atom. The summed E-state index contributed by atoms with van der Waals surface area (Å²) >= 11 is 0. The second kappa shape index (κ2) is 9.23. The van der Waals surface area contributed by atoms with Crippen LogP contribution in [0.25, 0.3) is 0 Å². The summed E-state index contributed by atoms with van der Waals surface area (Å²) in [5.74, 6) is 1.20. The van der Waals surface area contributed by atoms with Crippen LogP contribution in [-0.4, -0.2) is 40.3 Å². The molecule has 3 N–H and O–H groups in total. The van der Waals surface area contributed by atoms with Crippen LogP contribution in [0.5, 0.6) is 5.75 Å². The lowest BCUT2D eigenvalue weighted by molar-refractivity contribution is -0.117. The molecule has 0 spiro atoms. The smallest absolute Gasteiger partial charge is 0.232 e. The van der Waals surface area contributed by atoms with Crippen molar-refractivity contribution in [3.05, 3.63) is 18.2 Å². The molecular formula is C18H29N3O4S. The summed E-state index contributed by atoms with van der Waals surface area (Å²) in [4.78, 5) is 12.3. The average molecular weight is 384 g/mol. The van der Waals surface area contributed by atoms with Gasteiger partial charge in [-0.3, -0.25) is 9.52 Å². The van der Waals surface area contributed by atoms with Crippen molar-refractivity contribution < 1.29 is 17.9 Å².